The maximum absolute atomic E-state index is 10.7. The Kier molecular flexibility index (Phi) is 1.84. The van der Waals surface area contributed by atoms with Crippen molar-refractivity contribution in [3.8, 4) is 0 Å². The molecule has 0 aromatic heterocycles. The monoisotopic (exact) mass is 202 g/mol. The van der Waals surface area contributed by atoms with Crippen molar-refractivity contribution >= 4 is 5.97 Å². The Labute approximate surface area is 88.9 Å². The van der Waals surface area contributed by atoms with Crippen molar-refractivity contribution < 1.29 is 9.90 Å². The second kappa shape index (κ2) is 3.09. The van der Waals surface area contributed by atoms with Crippen molar-refractivity contribution in [3.05, 3.63) is 35.9 Å². The van der Waals surface area contributed by atoms with E-state index >= 15 is 0 Å². The van der Waals surface area contributed by atoms with Crippen LogP contribution in [-0.2, 0) is 4.79 Å². The van der Waals surface area contributed by atoms with E-state index in [9.17, 15) is 4.79 Å². The topological polar surface area (TPSA) is 37.3 Å². The molecular formula is C13H14O2. The highest BCUT2D eigenvalue weighted by Gasteiger charge is 2.56. The molecule has 78 valence electrons. The fourth-order valence-electron chi connectivity index (χ4n) is 2.74. The molecule has 2 aliphatic rings. The van der Waals surface area contributed by atoms with Gasteiger partial charge < -0.3 is 5.11 Å². The lowest BCUT2D eigenvalue weighted by Gasteiger charge is -1.98. The van der Waals surface area contributed by atoms with Crippen molar-refractivity contribution in [1.82, 2.24) is 0 Å². The average Bonchev–Trinajstić information content (AvgIpc) is 3.11. The van der Waals surface area contributed by atoms with Gasteiger partial charge in [0.15, 0.2) is 0 Å². The summed E-state index contributed by atoms with van der Waals surface area (Å²) in [5.74, 6) is 1.11. The van der Waals surface area contributed by atoms with E-state index in [0.717, 1.165) is 6.42 Å². The van der Waals surface area contributed by atoms with Gasteiger partial charge >= 0.3 is 5.97 Å². The summed E-state index contributed by atoms with van der Waals surface area (Å²) in [4.78, 5) is 10.7. The Morgan fingerprint density at radius 3 is 2.47 bits per heavy atom. The van der Waals surface area contributed by atoms with E-state index in [2.05, 4.69) is 24.3 Å². The van der Waals surface area contributed by atoms with Gasteiger partial charge in [-0.1, -0.05) is 30.3 Å². The molecule has 1 aromatic carbocycles. The van der Waals surface area contributed by atoms with Crippen molar-refractivity contribution in [2.45, 2.75) is 18.8 Å². The van der Waals surface area contributed by atoms with Crippen LogP contribution in [0.15, 0.2) is 30.3 Å². The number of hydrogen-bond acceptors (Lipinski definition) is 1. The summed E-state index contributed by atoms with van der Waals surface area (Å²) in [5.41, 5.74) is 1.39. The molecule has 2 aliphatic carbocycles. The van der Waals surface area contributed by atoms with Gasteiger partial charge in [-0.3, -0.25) is 4.79 Å². The maximum Gasteiger partial charge on any atom is 0.306 e. The highest BCUT2D eigenvalue weighted by molar-refractivity contribution is 5.73. The maximum atomic E-state index is 10.7. The summed E-state index contributed by atoms with van der Waals surface area (Å²) >= 11 is 0. The van der Waals surface area contributed by atoms with Gasteiger partial charge in [0, 0.05) is 0 Å². The van der Waals surface area contributed by atoms with Gasteiger partial charge in [-0.25, -0.2) is 0 Å². The Morgan fingerprint density at radius 2 is 1.87 bits per heavy atom. The zero-order chi connectivity index (χ0) is 10.4. The van der Waals surface area contributed by atoms with Gasteiger partial charge in [0.25, 0.3) is 0 Å². The molecule has 1 N–H and O–H groups in total. The summed E-state index contributed by atoms with van der Waals surface area (Å²) in [6.45, 7) is 0. The van der Waals surface area contributed by atoms with Crippen LogP contribution in [0.5, 0.6) is 0 Å². The van der Waals surface area contributed by atoms with Crippen LogP contribution in [0.1, 0.15) is 24.3 Å². The van der Waals surface area contributed by atoms with Gasteiger partial charge in [-0.15, -0.1) is 0 Å². The summed E-state index contributed by atoms with van der Waals surface area (Å²) in [7, 11) is 0. The minimum Gasteiger partial charge on any atom is -0.481 e. The Bertz CT molecular complexity index is 385. The van der Waals surface area contributed by atoms with Crippen LogP contribution in [0, 0.1) is 17.8 Å². The number of carboxylic acid groups (broad SMARTS) is 1. The third kappa shape index (κ3) is 1.54. The molecule has 0 bridgehead atoms. The number of hydrogen-bond donors (Lipinski definition) is 1. The van der Waals surface area contributed by atoms with Gasteiger partial charge in [-0.05, 0) is 36.2 Å². The van der Waals surface area contributed by atoms with Gasteiger partial charge in [0.2, 0.25) is 0 Å². The molecule has 4 atom stereocenters. The molecule has 2 fully saturated rings. The molecule has 0 unspecified atom stereocenters. The van der Waals surface area contributed by atoms with E-state index in [4.69, 9.17) is 5.11 Å². The molecule has 2 heteroatoms. The van der Waals surface area contributed by atoms with Crippen LogP contribution in [0.25, 0.3) is 0 Å². The first-order chi connectivity index (χ1) is 7.27. The fourth-order valence-corrected chi connectivity index (χ4v) is 2.74. The minimum absolute atomic E-state index is 0.0382. The second-order valence-corrected chi connectivity index (χ2v) is 4.76. The van der Waals surface area contributed by atoms with Crippen molar-refractivity contribution in [3.63, 3.8) is 0 Å². The predicted octanol–water partition coefficient (Wildman–Crippen LogP) is 2.51. The van der Waals surface area contributed by atoms with Gasteiger partial charge in [-0.2, -0.15) is 0 Å². The Hall–Kier alpha value is -1.31. The summed E-state index contributed by atoms with van der Waals surface area (Å²) in [6, 6.07) is 10.5. The molecule has 3 rings (SSSR count). The number of aliphatic carboxylic acids is 1. The van der Waals surface area contributed by atoms with Crippen molar-refractivity contribution in [1.29, 1.82) is 0 Å². The first kappa shape index (κ1) is 8.96. The van der Waals surface area contributed by atoms with E-state index in [1.54, 1.807) is 0 Å². The summed E-state index contributed by atoms with van der Waals surface area (Å²) < 4.78 is 0. The minimum atomic E-state index is -0.598. The molecule has 0 radical (unpaired) electrons. The normalized spacial score (nSPS) is 37.3. The molecule has 2 nitrogen and oxygen atoms in total. The highest BCUT2D eigenvalue weighted by atomic mass is 16.4. The number of carboxylic acids is 1. The van der Waals surface area contributed by atoms with E-state index in [-0.39, 0.29) is 5.92 Å². The summed E-state index contributed by atoms with van der Waals surface area (Å²) in [5, 5.41) is 8.86. The smallest absolute Gasteiger partial charge is 0.306 e. The highest BCUT2D eigenvalue weighted by Crippen LogP contribution is 2.61. The predicted molar refractivity (Wildman–Crippen MR) is 56.5 cm³/mol. The molecule has 0 amide bonds. The lowest BCUT2D eigenvalue weighted by molar-refractivity contribution is -0.138. The summed E-state index contributed by atoms with van der Waals surface area (Å²) in [6.07, 6.45) is 2.10. The van der Waals surface area contributed by atoms with E-state index in [0.29, 0.717) is 17.8 Å². The zero-order valence-electron chi connectivity index (χ0n) is 8.47. The Morgan fingerprint density at radius 1 is 1.13 bits per heavy atom. The van der Waals surface area contributed by atoms with Crippen molar-refractivity contribution in [2.24, 2.45) is 17.8 Å². The van der Waals surface area contributed by atoms with Crippen LogP contribution in [-0.4, -0.2) is 11.1 Å². The molecule has 1 aromatic rings. The molecule has 0 spiro atoms. The molecular weight excluding hydrogens is 188 g/mol. The van der Waals surface area contributed by atoms with E-state index < -0.39 is 5.97 Å². The van der Waals surface area contributed by atoms with Crippen molar-refractivity contribution in [2.75, 3.05) is 0 Å². The number of benzene rings is 1. The van der Waals surface area contributed by atoms with Crippen LogP contribution in [0.3, 0.4) is 0 Å². The first-order valence-electron chi connectivity index (χ1n) is 5.55. The SMILES string of the molecule is O=C(O)[C@H]1C[C@@H]1[C@@H]1C[C@@H]1c1ccccc1. The van der Waals surface area contributed by atoms with Crippen LogP contribution >= 0.6 is 0 Å². The third-order valence-electron chi connectivity index (χ3n) is 3.77. The largest absolute Gasteiger partial charge is 0.481 e. The first-order valence-corrected chi connectivity index (χ1v) is 5.55. The number of rotatable bonds is 3. The molecule has 0 aliphatic heterocycles. The van der Waals surface area contributed by atoms with E-state index in [1.807, 2.05) is 6.07 Å². The fraction of sp³-hybridized carbons (Fsp3) is 0.462. The molecule has 0 saturated heterocycles. The second-order valence-electron chi connectivity index (χ2n) is 4.76. The molecule has 0 heterocycles. The standard InChI is InChI=1S/C13H14O2/c14-13(15)12-7-11(12)10-6-9(10)8-4-2-1-3-5-8/h1-5,9-12H,6-7H2,(H,14,15)/t9-,10-,11-,12+/m1/s1. The van der Waals surface area contributed by atoms with Crippen LogP contribution in [0.2, 0.25) is 0 Å². The van der Waals surface area contributed by atoms with Crippen LogP contribution < -0.4 is 0 Å². The van der Waals surface area contributed by atoms with Gasteiger partial charge in [0.1, 0.15) is 0 Å². The quantitative estimate of drug-likeness (QED) is 0.817. The number of carbonyl (C=O) groups is 1. The van der Waals surface area contributed by atoms with E-state index in [1.165, 1.54) is 12.0 Å². The van der Waals surface area contributed by atoms with Gasteiger partial charge in [0.05, 0.1) is 5.92 Å². The Balaban J connectivity index is 1.64. The van der Waals surface area contributed by atoms with Crippen LogP contribution in [0.4, 0.5) is 0 Å². The average molecular weight is 202 g/mol. The lowest BCUT2D eigenvalue weighted by Crippen LogP contribution is -2.00. The molecule has 2 saturated carbocycles. The third-order valence-corrected chi connectivity index (χ3v) is 3.77. The molecule has 15 heavy (non-hydrogen) atoms. The lowest BCUT2D eigenvalue weighted by atomic mass is 10.1. The zero-order valence-corrected chi connectivity index (χ0v) is 8.47.